The first-order chi connectivity index (χ1) is 15.5. The highest BCUT2D eigenvalue weighted by molar-refractivity contribution is 6.04. The van der Waals surface area contributed by atoms with Crippen LogP contribution in [0.4, 0.5) is 10.5 Å². The number of carbonyl (C=O) groups is 2. The quantitative estimate of drug-likeness (QED) is 0.670. The van der Waals surface area contributed by atoms with Crippen LogP contribution in [0.5, 0.6) is 0 Å². The van der Waals surface area contributed by atoms with E-state index in [-0.39, 0.29) is 29.0 Å². The zero-order valence-corrected chi connectivity index (χ0v) is 17.5. The predicted molar refractivity (Wildman–Crippen MR) is 123 cm³/mol. The minimum absolute atomic E-state index is 0.0815. The van der Waals surface area contributed by atoms with E-state index in [0.29, 0.717) is 25.2 Å². The third-order valence-electron chi connectivity index (χ3n) is 6.42. The molecule has 2 bridgehead atoms. The van der Waals surface area contributed by atoms with Crippen molar-refractivity contribution in [1.29, 1.82) is 0 Å². The summed E-state index contributed by atoms with van der Waals surface area (Å²) in [6.45, 7) is 1.59. The second-order valence-electron chi connectivity index (χ2n) is 8.53. The number of piperidine rings is 1. The Hall–Kier alpha value is -3.87. The van der Waals surface area contributed by atoms with Crippen LogP contribution < -0.4 is 16.6 Å². The number of carbonyl (C=O) groups excluding carboxylic acids is 2. The minimum atomic E-state index is -0.419. The maximum atomic E-state index is 13.1. The van der Waals surface area contributed by atoms with Crippen LogP contribution in [0.1, 0.15) is 28.4 Å². The summed E-state index contributed by atoms with van der Waals surface area (Å²) in [6, 6.07) is 20.4. The molecule has 162 valence electrons. The number of fused-ring (bicyclic) bond motifs is 4. The fourth-order valence-electron chi connectivity index (χ4n) is 4.86. The zero-order chi connectivity index (χ0) is 22.2. The standard InChI is InChI=1S/C25H24N4O3/c26-25(32)28-13-16-12-20(15-28)22-11-10-21(24(31)29(22)14-16)27-23(30)19-8-6-18(7-9-19)17-4-2-1-3-5-17/h1-11,16,20H,12-15H2,(H2,26,32)(H,27,30)/t16-,20+/m0/s1. The molecule has 32 heavy (non-hydrogen) atoms. The van der Waals surface area contributed by atoms with Gasteiger partial charge >= 0.3 is 6.03 Å². The van der Waals surface area contributed by atoms with E-state index in [1.165, 1.54) is 0 Å². The van der Waals surface area contributed by atoms with Gasteiger partial charge in [-0.1, -0.05) is 42.5 Å². The number of rotatable bonds is 3. The molecule has 0 aliphatic carbocycles. The highest BCUT2D eigenvalue weighted by atomic mass is 16.2. The van der Waals surface area contributed by atoms with Gasteiger partial charge in [-0.05, 0) is 47.7 Å². The molecule has 0 radical (unpaired) electrons. The van der Waals surface area contributed by atoms with Crippen LogP contribution in [0.3, 0.4) is 0 Å². The Morgan fingerprint density at radius 1 is 0.875 bits per heavy atom. The first kappa shape index (κ1) is 20.1. The largest absolute Gasteiger partial charge is 0.351 e. The van der Waals surface area contributed by atoms with E-state index in [0.717, 1.165) is 23.2 Å². The van der Waals surface area contributed by atoms with E-state index in [2.05, 4.69) is 5.32 Å². The molecule has 2 aliphatic heterocycles. The lowest BCUT2D eigenvalue weighted by Gasteiger charge is -2.42. The summed E-state index contributed by atoms with van der Waals surface area (Å²) in [6.07, 6.45) is 0.933. The van der Waals surface area contributed by atoms with Crippen LogP contribution in [0.2, 0.25) is 0 Å². The van der Waals surface area contributed by atoms with Crippen molar-refractivity contribution in [3.8, 4) is 11.1 Å². The van der Waals surface area contributed by atoms with Crippen molar-refractivity contribution < 1.29 is 9.59 Å². The number of anilines is 1. The van der Waals surface area contributed by atoms with Gasteiger partial charge in [-0.3, -0.25) is 9.59 Å². The van der Waals surface area contributed by atoms with Crippen molar-refractivity contribution >= 4 is 17.6 Å². The molecule has 5 rings (SSSR count). The number of nitrogens with zero attached hydrogens (tertiary/aromatic N) is 2. The van der Waals surface area contributed by atoms with Crippen LogP contribution in [0.15, 0.2) is 71.5 Å². The van der Waals surface area contributed by atoms with Crippen LogP contribution >= 0.6 is 0 Å². The third kappa shape index (κ3) is 3.66. The first-order valence-electron chi connectivity index (χ1n) is 10.7. The molecule has 1 fully saturated rings. The molecule has 0 unspecified atom stereocenters. The monoisotopic (exact) mass is 428 g/mol. The van der Waals surface area contributed by atoms with Gasteiger partial charge in [0.05, 0.1) is 0 Å². The van der Waals surface area contributed by atoms with Gasteiger partial charge in [-0.15, -0.1) is 0 Å². The Morgan fingerprint density at radius 3 is 2.31 bits per heavy atom. The molecule has 7 heteroatoms. The molecule has 0 spiro atoms. The van der Waals surface area contributed by atoms with Crippen molar-refractivity contribution in [1.82, 2.24) is 9.47 Å². The van der Waals surface area contributed by atoms with E-state index in [1.807, 2.05) is 48.5 Å². The summed E-state index contributed by atoms with van der Waals surface area (Å²) in [5, 5.41) is 2.77. The maximum Gasteiger partial charge on any atom is 0.314 e. The normalized spacial score (nSPS) is 19.2. The summed E-state index contributed by atoms with van der Waals surface area (Å²) < 4.78 is 1.74. The molecule has 7 nitrogen and oxygen atoms in total. The Labute approximate surface area is 185 Å². The fourth-order valence-corrected chi connectivity index (χ4v) is 4.86. The topological polar surface area (TPSA) is 97.4 Å². The number of aromatic nitrogens is 1. The Morgan fingerprint density at radius 2 is 1.59 bits per heavy atom. The van der Waals surface area contributed by atoms with Crippen molar-refractivity contribution in [3.63, 3.8) is 0 Å². The molecule has 0 saturated carbocycles. The molecule has 3 aromatic rings. The number of nitrogens with two attached hydrogens (primary N) is 1. The summed E-state index contributed by atoms with van der Waals surface area (Å²) in [4.78, 5) is 39.2. The maximum absolute atomic E-state index is 13.1. The van der Waals surface area contributed by atoms with Crippen LogP contribution in [0.25, 0.3) is 11.1 Å². The zero-order valence-electron chi connectivity index (χ0n) is 17.5. The summed E-state index contributed by atoms with van der Waals surface area (Å²) >= 11 is 0. The number of amides is 3. The molecule has 1 saturated heterocycles. The average Bonchev–Trinajstić information content (AvgIpc) is 2.81. The van der Waals surface area contributed by atoms with Crippen LogP contribution in [-0.4, -0.2) is 34.5 Å². The number of nitrogens with one attached hydrogen (secondary N) is 1. The van der Waals surface area contributed by atoms with Gasteiger partial charge in [-0.25, -0.2) is 4.79 Å². The van der Waals surface area contributed by atoms with Gasteiger partial charge in [-0.2, -0.15) is 0 Å². The smallest absolute Gasteiger partial charge is 0.314 e. The third-order valence-corrected chi connectivity index (χ3v) is 6.42. The Balaban J connectivity index is 1.36. The number of hydrogen-bond acceptors (Lipinski definition) is 3. The molecule has 2 aliphatic rings. The second kappa shape index (κ2) is 8.00. The van der Waals surface area contributed by atoms with Crippen molar-refractivity contribution in [2.45, 2.75) is 18.9 Å². The highest BCUT2D eigenvalue weighted by Crippen LogP contribution is 2.35. The fraction of sp³-hybridized carbons (Fsp3) is 0.240. The first-order valence-corrected chi connectivity index (χ1v) is 10.7. The van der Waals surface area contributed by atoms with Gasteiger partial charge in [0.25, 0.3) is 11.5 Å². The summed E-state index contributed by atoms with van der Waals surface area (Å²) in [5.74, 6) is -0.0564. The number of primary amides is 1. The lowest BCUT2D eigenvalue weighted by atomic mass is 9.83. The highest BCUT2D eigenvalue weighted by Gasteiger charge is 2.36. The van der Waals surface area contributed by atoms with Crippen molar-refractivity contribution in [2.75, 3.05) is 18.4 Å². The van der Waals surface area contributed by atoms with Crippen LogP contribution in [0, 0.1) is 5.92 Å². The number of hydrogen-bond donors (Lipinski definition) is 2. The molecule has 3 N–H and O–H groups in total. The van der Waals surface area contributed by atoms with Gasteiger partial charge < -0.3 is 20.5 Å². The molecular formula is C25H24N4O3. The number of pyridine rings is 1. The SMILES string of the molecule is NC(=O)N1C[C@@H]2C[C@H](C1)c1ccc(NC(=O)c3ccc(-c4ccccc4)cc3)c(=O)n1C2. The van der Waals surface area contributed by atoms with Crippen molar-refractivity contribution in [2.24, 2.45) is 11.7 Å². The molecule has 3 heterocycles. The van der Waals surface area contributed by atoms with E-state index in [9.17, 15) is 14.4 Å². The number of benzene rings is 2. The summed E-state index contributed by atoms with van der Waals surface area (Å²) in [7, 11) is 0. The average molecular weight is 428 g/mol. The van der Waals surface area contributed by atoms with Gasteiger partial charge in [0.15, 0.2) is 0 Å². The Bertz CT molecular complexity index is 1230. The molecule has 1 aromatic heterocycles. The van der Waals surface area contributed by atoms with E-state index in [1.54, 1.807) is 27.7 Å². The number of urea groups is 1. The van der Waals surface area contributed by atoms with Crippen molar-refractivity contribution in [3.05, 3.63) is 88.3 Å². The van der Waals surface area contributed by atoms with Crippen LogP contribution in [-0.2, 0) is 6.54 Å². The lowest BCUT2D eigenvalue weighted by Crippen LogP contribution is -2.50. The van der Waals surface area contributed by atoms with Gasteiger partial charge in [0.1, 0.15) is 5.69 Å². The van der Waals surface area contributed by atoms with Gasteiger partial charge in [0, 0.05) is 36.8 Å². The summed E-state index contributed by atoms with van der Waals surface area (Å²) in [5.41, 5.74) is 9.00. The Kier molecular flexibility index (Phi) is 5.01. The van der Waals surface area contributed by atoms with Gasteiger partial charge in [0.2, 0.25) is 0 Å². The lowest BCUT2D eigenvalue weighted by molar-refractivity contribution is 0.102. The minimum Gasteiger partial charge on any atom is -0.351 e. The molecular weight excluding hydrogens is 404 g/mol. The predicted octanol–water partition coefficient (Wildman–Crippen LogP) is 3.27. The second-order valence-corrected chi connectivity index (χ2v) is 8.53. The van der Waals surface area contributed by atoms with E-state index >= 15 is 0 Å². The van der Waals surface area contributed by atoms with E-state index < -0.39 is 6.03 Å². The van der Waals surface area contributed by atoms with E-state index in [4.69, 9.17) is 5.73 Å². The molecule has 2 aromatic carbocycles. The molecule has 3 amide bonds. The number of likely N-dealkylation sites (tertiary alicyclic amines) is 1. The molecule has 2 atom stereocenters.